The topological polar surface area (TPSA) is 70.2 Å². The first-order valence-electron chi connectivity index (χ1n) is 5.69. The molecule has 1 aliphatic heterocycles. The Morgan fingerprint density at radius 2 is 1.94 bits per heavy atom. The van der Waals surface area contributed by atoms with Crippen molar-refractivity contribution in [3.8, 4) is 0 Å². The standard InChI is InChI=1S/C11H16N2O3S/c1-9-4-6-13(7-5-9)17(15,16)10-2-3-11(14)12-8-10/h2-3,8-9H,4-7H2,1H3,(H,12,14). The molecular formula is C11H16N2O3S. The smallest absolute Gasteiger partial charge is 0.247 e. The summed E-state index contributed by atoms with van der Waals surface area (Å²) in [5.41, 5.74) is -0.295. The monoisotopic (exact) mass is 256 g/mol. The van der Waals surface area contributed by atoms with Crippen LogP contribution in [0.3, 0.4) is 0 Å². The first-order chi connectivity index (χ1) is 8.00. The van der Waals surface area contributed by atoms with Crippen LogP contribution in [0.1, 0.15) is 19.8 Å². The van der Waals surface area contributed by atoms with Gasteiger partial charge in [-0.1, -0.05) is 6.92 Å². The zero-order valence-corrected chi connectivity index (χ0v) is 10.5. The van der Waals surface area contributed by atoms with Gasteiger partial charge in [-0.15, -0.1) is 0 Å². The van der Waals surface area contributed by atoms with Crippen LogP contribution in [0.25, 0.3) is 0 Å². The number of nitrogens with zero attached hydrogens (tertiary/aromatic N) is 1. The van der Waals surface area contributed by atoms with Gasteiger partial charge in [0.1, 0.15) is 0 Å². The molecule has 0 aromatic carbocycles. The molecule has 0 amide bonds. The second-order valence-corrected chi connectivity index (χ2v) is 6.41. The minimum atomic E-state index is -3.44. The zero-order chi connectivity index (χ0) is 12.5. The van der Waals surface area contributed by atoms with Crippen LogP contribution in [0.5, 0.6) is 0 Å². The molecular weight excluding hydrogens is 240 g/mol. The van der Waals surface area contributed by atoms with Crippen LogP contribution in [-0.4, -0.2) is 30.8 Å². The Morgan fingerprint density at radius 1 is 1.29 bits per heavy atom. The van der Waals surface area contributed by atoms with Gasteiger partial charge in [0.2, 0.25) is 15.6 Å². The van der Waals surface area contributed by atoms with E-state index >= 15 is 0 Å². The summed E-state index contributed by atoms with van der Waals surface area (Å²) in [6.45, 7) is 3.25. The maximum Gasteiger partial charge on any atom is 0.247 e. The SMILES string of the molecule is CC1CCN(S(=O)(=O)c2ccc(=O)[nH]c2)CC1. The Morgan fingerprint density at radius 3 is 2.47 bits per heavy atom. The van der Waals surface area contributed by atoms with Crippen LogP contribution in [0, 0.1) is 5.92 Å². The number of rotatable bonds is 2. The molecule has 6 heteroatoms. The summed E-state index contributed by atoms with van der Waals surface area (Å²) in [7, 11) is -3.44. The number of nitrogens with one attached hydrogen (secondary N) is 1. The molecule has 0 radical (unpaired) electrons. The number of hydrogen-bond acceptors (Lipinski definition) is 3. The van der Waals surface area contributed by atoms with E-state index < -0.39 is 10.0 Å². The summed E-state index contributed by atoms with van der Waals surface area (Å²) in [6.07, 6.45) is 3.04. The molecule has 5 nitrogen and oxygen atoms in total. The molecule has 17 heavy (non-hydrogen) atoms. The quantitative estimate of drug-likeness (QED) is 0.850. The predicted octanol–water partition coefficient (Wildman–Crippen LogP) is 0.795. The Hall–Kier alpha value is -1.14. The highest BCUT2D eigenvalue weighted by Crippen LogP contribution is 2.22. The van der Waals surface area contributed by atoms with Gasteiger partial charge in [-0.25, -0.2) is 8.42 Å². The number of pyridine rings is 1. The molecule has 2 heterocycles. The molecule has 0 aliphatic carbocycles. The first-order valence-corrected chi connectivity index (χ1v) is 7.13. The lowest BCUT2D eigenvalue weighted by atomic mass is 10.0. The molecule has 1 aromatic heterocycles. The largest absolute Gasteiger partial charge is 0.328 e. The summed E-state index contributed by atoms with van der Waals surface area (Å²) < 4.78 is 25.9. The van der Waals surface area contributed by atoms with Crippen molar-refractivity contribution in [2.24, 2.45) is 5.92 Å². The van der Waals surface area contributed by atoms with Gasteiger partial charge in [0.15, 0.2) is 0 Å². The summed E-state index contributed by atoms with van der Waals surface area (Å²) in [4.78, 5) is 13.5. The number of aromatic amines is 1. The van der Waals surface area contributed by atoms with Crippen molar-refractivity contribution >= 4 is 10.0 Å². The Balaban J connectivity index is 2.24. The van der Waals surface area contributed by atoms with Gasteiger partial charge in [-0.3, -0.25) is 4.79 Å². The van der Waals surface area contributed by atoms with Gasteiger partial charge < -0.3 is 4.98 Å². The molecule has 0 saturated carbocycles. The second-order valence-electron chi connectivity index (χ2n) is 4.48. The van der Waals surface area contributed by atoms with Gasteiger partial charge in [0.05, 0.1) is 4.90 Å². The molecule has 2 rings (SSSR count). The van der Waals surface area contributed by atoms with Gasteiger partial charge in [-0.2, -0.15) is 4.31 Å². The highest BCUT2D eigenvalue weighted by atomic mass is 32.2. The predicted molar refractivity (Wildman–Crippen MR) is 64.2 cm³/mol. The van der Waals surface area contributed by atoms with Gasteiger partial charge in [0, 0.05) is 25.4 Å². The van der Waals surface area contributed by atoms with Gasteiger partial charge in [-0.05, 0) is 24.8 Å². The Bertz CT molecular complexity index is 522. The van der Waals surface area contributed by atoms with E-state index in [1.165, 1.54) is 22.6 Å². The lowest BCUT2D eigenvalue weighted by Crippen LogP contribution is -2.38. The molecule has 0 unspecified atom stereocenters. The number of hydrogen-bond donors (Lipinski definition) is 1. The van der Waals surface area contributed by atoms with E-state index in [1.807, 2.05) is 0 Å². The second kappa shape index (κ2) is 4.62. The average Bonchev–Trinajstić information content (AvgIpc) is 2.30. The van der Waals surface area contributed by atoms with Crippen molar-refractivity contribution in [2.75, 3.05) is 13.1 Å². The third-order valence-electron chi connectivity index (χ3n) is 3.14. The molecule has 1 fully saturated rings. The van der Waals surface area contributed by atoms with Crippen LogP contribution in [0.4, 0.5) is 0 Å². The molecule has 94 valence electrons. The van der Waals surface area contributed by atoms with Gasteiger partial charge in [0.25, 0.3) is 0 Å². The molecule has 0 bridgehead atoms. The molecule has 0 atom stereocenters. The van der Waals surface area contributed by atoms with Crippen LogP contribution >= 0.6 is 0 Å². The van der Waals surface area contributed by atoms with Crippen molar-refractivity contribution in [1.29, 1.82) is 0 Å². The number of sulfonamides is 1. The van der Waals surface area contributed by atoms with E-state index in [2.05, 4.69) is 11.9 Å². The minimum absolute atomic E-state index is 0.159. The highest BCUT2D eigenvalue weighted by Gasteiger charge is 2.27. The van der Waals surface area contributed by atoms with E-state index in [9.17, 15) is 13.2 Å². The van der Waals surface area contributed by atoms with Crippen LogP contribution in [-0.2, 0) is 10.0 Å². The lowest BCUT2D eigenvalue weighted by Gasteiger charge is -2.29. The third-order valence-corrected chi connectivity index (χ3v) is 5.03. The summed E-state index contributed by atoms with van der Waals surface area (Å²) in [5, 5.41) is 0. The highest BCUT2D eigenvalue weighted by molar-refractivity contribution is 7.89. The number of H-pyrrole nitrogens is 1. The lowest BCUT2D eigenvalue weighted by molar-refractivity contribution is 0.288. The van der Waals surface area contributed by atoms with Gasteiger partial charge >= 0.3 is 0 Å². The normalized spacial score (nSPS) is 19.4. The van der Waals surface area contributed by atoms with E-state index in [0.717, 1.165) is 12.8 Å². The van der Waals surface area contributed by atoms with Crippen molar-refractivity contribution in [2.45, 2.75) is 24.7 Å². The summed E-state index contributed by atoms with van der Waals surface area (Å²) >= 11 is 0. The Labute approximate surface area is 101 Å². The van der Waals surface area contributed by atoms with Crippen molar-refractivity contribution < 1.29 is 8.42 Å². The fraction of sp³-hybridized carbons (Fsp3) is 0.545. The van der Waals surface area contributed by atoms with Crippen LogP contribution in [0.2, 0.25) is 0 Å². The maximum atomic E-state index is 12.2. The average molecular weight is 256 g/mol. The number of piperidine rings is 1. The van der Waals surface area contributed by atoms with E-state index in [4.69, 9.17) is 0 Å². The summed E-state index contributed by atoms with van der Waals surface area (Å²) in [5.74, 6) is 0.581. The van der Waals surface area contributed by atoms with Crippen LogP contribution in [0.15, 0.2) is 28.0 Å². The molecule has 1 saturated heterocycles. The molecule has 0 spiro atoms. The van der Waals surface area contributed by atoms with Crippen molar-refractivity contribution in [1.82, 2.24) is 9.29 Å². The molecule has 1 aliphatic rings. The zero-order valence-electron chi connectivity index (χ0n) is 9.72. The summed E-state index contributed by atoms with van der Waals surface area (Å²) in [6, 6.07) is 2.59. The van der Waals surface area contributed by atoms with Crippen LogP contribution < -0.4 is 5.56 Å². The van der Waals surface area contributed by atoms with E-state index in [1.54, 1.807) is 0 Å². The first kappa shape index (κ1) is 12.3. The van der Waals surface area contributed by atoms with Crippen molar-refractivity contribution in [3.05, 3.63) is 28.7 Å². The minimum Gasteiger partial charge on any atom is -0.328 e. The third kappa shape index (κ3) is 2.58. The molecule has 1 N–H and O–H groups in total. The molecule has 1 aromatic rings. The number of aromatic nitrogens is 1. The van der Waals surface area contributed by atoms with E-state index in [0.29, 0.717) is 19.0 Å². The Kier molecular flexibility index (Phi) is 3.35. The fourth-order valence-corrected chi connectivity index (χ4v) is 3.37. The van der Waals surface area contributed by atoms with Crippen molar-refractivity contribution in [3.63, 3.8) is 0 Å². The maximum absolute atomic E-state index is 12.2. The van der Waals surface area contributed by atoms with E-state index in [-0.39, 0.29) is 10.5 Å². The fourth-order valence-electron chi connectivity index (χ4n) is 1.93.